The fourth-order valence-corrected chi connectivity index (χ4v) is 3.41. The first-order valence-corrected chi connectivity index (χ1v) is 10.2. The van der Waals surface area contributed by atoms with Crippen LogP contribution in [-0.2, 0) is 22.6 Å². The number of benzene rings is 2. The van der Waals surface area contributed by atoms with E-state index in [1.165, 1.54) is 11.6 Å². The van der Waals surface area contributed by atoms with Crippen LogP contribution >= 0.6 is 11.6 Å². The van der Waals surface area contributed by atoms with Crippen molar-refractivity contribution in [3.8, 4) is 5.75 Å². The summed E-state index contributed by atoms with van der Waals surface area (Å²) in [6.07, 6.45) is -1.00. The number of hydrogen-bond donors (Lipinski definition) is 1. The van der Waals surface area contributed by atoms with E-state index in [1.807, 2.05) is 54.6 Å². The fraction of sp³-hybridized carbons (Fsp3) is 0.261. The molecule has 31 heavy (non-hydrogen) atoms. The first-order chi connectivity index (χ1) is 14.9. The van der Waals surface area contributed by atoms with E-state index in [1.54, 1.807) is 14.0 Å². The van der Waals surface area contributed by atoms with E-state index in [0.717, 1.165) is 11.1 Å². The summed E-state index contributed by atoms with van der Waals surface area (Å²) in [5, 5.41) is 7.26. The second-order valence-corrected chi connectivity index (χ2v) is 7.33. The molecule has 1 amide bonds. The lowest BCUT2D eigenvalue weighted by atomic mass is 10.2. The van der Waals surface area contributed by atoms with Crippen LogP contribution in [0, 0.1) is 6.92 Å². The molecule has 3 rings (SSSR count). The molecule has 0 saturated heterocycles. The maximum atomic E-state index is 12.7. The summed E-state index contributed by atoms with van der Waals surface area (Å²) in [4.78, 5) is 25.1. The molecule has 0 aliphatic heterocycles. The van der Waals surface area contributed by atoms with E-state index in [4.69, 9.17) is 21.1 Å². The Bertz CT molecular complexity index is 1070. The van der Waals surface area contributed by atoms with Gasteiger partial charge < -0.3 is 14.8 Å². The summed E-state index contributed by atoms with van der Waals surface area (Å²) in [7, 11) is 1.56. The van der Waals surface area contributed by atoms with Crippen LogP contribution in [0.4, 0.5) is 0 Å². The second kappa shape index (κ2) is 10.1. The van der Waals surface area contributed by atoms with Gasteiger partial charge in [0.15, 0.2) is 6.10 Å². The number of halogens is 1. The van der Waals surface area contributed by atoms with Gasteiger partial charge in [0.2, 0.25) is 0 Å². The Kier molecular flexibility index (Phi) is 7.31. The molecular formula is C23H24ClN3O4. The zero-order valence-electron chi connectivity index (χ0n) is 17.6. The Morgan fingerprint density at radius 3 is 2.52 bits per heavy atom. The number of ether oxygens (including phenoxy) is 2. The first kappa shape index (κ1) is 22.4. The molecule has 0 saturated carbocycles. The van der Waals surface area contributed by atoms with E-state index < -0.39 is 18.0 Å². The Hall–Kier alpha value is -3.32. The SMILES string of the molecule is COc1ccccc1CNC(=O)[C@@H](C)OC(=O)c1c(C)nn(Cc2ccccc2)c1Cl. The van der Waals surface area contributed by atoms with Gasteiger partial charge in [0.1, 0.15) is 16.5 Å². The number of carbonyl (C=O) groups excluding carboxylic acids is 2. The number of hydrogen-bond acceptors (Lipinski definition) is 5. The summed E-state index contributed by atoms with van der Waals surface area (Å²) in [5.74, 6) is -0.452. The van der Waals surface area contributed by atoms with Gasteiger partial charge in [0, 0.05) is 12.1 Å². The molecule has 1 N–H and O–H groups in total. The van der Waals surface area contributed by atoms with Crippen molar-refractivity contribution in [1.29, 1.82) is 0 Å². The van der Waals surface area contributed by atoms with Crippen molar-refractivity contribution < 1.29 is 19.1 Å². The van der Waals surface area contributed by atoms with Crippen LogP contribution in [0.5, 0.6) is 5.75 Å². The average molecular weight is 442 g/mol. The quantitative estimate of drug-likeness (QED) is 0.538. The largest absolute Gasteiger partial charge is 0.496 e. The minimum absolute atomic E-state index is 0.155. The van der Waals surface area contributed by atoms with Gasteiger partial charge in [-0.25, -0.2) is 9.48 Å². The van der Waals surface area contributed by atoms with Gasteiger partial charge in [-0.15, -0.1) is 0 Å². The normalized spacial score (nSPS) is 11.6. The molecular weight excluding hydrogens is 418 g/mol. The third kappa shape index (κ3) is 5.44. The molecule has 0 spiro atoms. The number of aryl methyl sites for hydroxylation is 1. The molecule has 1 aromatic heterocycles. The highest BCUT2D eigenvalue weighted by molar-refractivity contribution is 6.32. The van der Waals surface area contributed by atoms with Crippen LogP contribution in [0.25, 0.3) is 0 Å². The number of amides is 1. The number of para-hydroxylation sites is 1. The molecule has 8 heteroatoms. The van der Waals surface area contributed by atoms with Gasteiger partial charge in [0.25, 0.3) is 5.91 Å². The van der Waals surface area contributed by atoms with Crippen molar-refractivity contribution in [2.24, 2.45) is 0 Å². The molecule has 7 nitrogen and oxygen atoms in total. The predicted molar refractivity (Wildman–Crippen MR) is 117 cm³/mol. The zero-order chi connectivity index (χ0) is 22.4. The average Bonchev–Trinajstić information content (AvgIpc) is 3.05. The van der Waals surface area contributed by atoms with Gasteiger partial charge in [-0.05, 0) is 25.5 Å². The monoisotopic (exact) mass is 441 g/mol. The van der Waals surface area contributed by atoms with E-state index >= 15 is 0 Å². The Balaban J connectivity index is 1.63. The molecule has 0 radical (unpaired) electrons. The Labute approximate surface area is 185 Å². The predicted octanol–water partition coefficient (Wildman–Crippen LogP) is 3.76. The summed E-state index contributed by atoms with van der Waals surface area (Å²) >= 11 is 6.40. The number of methoxy groups -OCH3 is 1. The van der Waals surface area contributed by atoms with Crippen LogP contribution in [0.15, 0.2) is 54.6 Å². The third-order valence-electron chi connectivity index (χ3n) is 4.74. The van der Waals surface area contributed by atoms with E-state index in [-0.39, 0.29) is 17.3 Å². The maximum Gasteiger partial charge on any atom is 0.343 e. The van der Waals surface area contributed by atoms with Gasteiger partial charge in [-0.2, -0.15) is 5.10 Å². The van der Waals surface area contributed by atoms with Crippen LogP contribution in [-0.4, -0.2) is 34.9 Å². The lowest BCUT2D eigenvalue weighted by Gasteiger charge is -2.14. The second-order valence-electron chi connectivity index (χ2n) is 6.97. The minimum atomic E-state index is -1.00. The van der Waals surface area contributed by atoms with E-state index in [2.05, 4.69) is 10.4 Å². The number of rotatable bonds is 8. The topological polar surface area (TPSA) is 82.4 Å². The smallest absolute Gasteiger partial charge is 0.343 e. The molecule has 0 aliphatic carbocycles. The van der Waals surface area contributed by atoms with Crippen LogP contribution in [0.2, 0.25) is 5.15 Å². The maximum absolute atomic E-state index is 12.7. The number of nitrogens with one attached hydrogen (secondary N) is 1. The summed E-state index contributed by atoms with van der Waals surface area (Å²) < 4.78 is 12.2. The van der Waals surface area contributed by atoms with Crippen molar-refractivity contribution in [3.63, 3.8) is 0 Å². The van der Waals surface area contributed by atoms with Gasteiger partial charge >= 0.3 is 5.97 Å². The number of esters is 1. The molecule has 0 bridgehead atoms. The van der Waals surface area contributed by atoms with Crippen molar-refractivity contribution in [1.82, 2.24) is 15.1 Å². The minimum Gasteiger partial charge on any atom is -0.496 e. The molecule has 2 aromatic carbocycles. The molecule has 0 unspecified atom stereocenters. The van der Waals surface area contributed by atoms with Crippen molar-refractivity contribution in [2.45, 2.75) is 33.0 Å². The van der Waals surface area contributed by atoms with E-state index in [9.17, 15) is 9.59 Å². The van der Waals surface area contributed by atoms with Crippen molar-refractivity contribution in [2.75, 3.05) is 7.11 Å². The summed E-state index contributed by atoms with van der Waals surface area (Å²) in [6.45, 7) is 3.85. The standard InChI is InChI=1S/C23H24ClN3O4/c1-15-20(21(24)27(26-15)14-17-9-5-4-6-10-17)23(29)31-16(2)22(28)25-13-18-11-7-8-12-19(18)30-3/h4-12,16H,13-14H2,1-3H3,(H,25,28)/t16-/m1/s1. The zero-order valence-corrected chi connectivity index (χ0v) is 18.3. The van der Waals surface area contributed by atoms with Crippen molar-refractivity contribution in [3.05, 3.63) is 82.1 Å². The van der Waals surface area contributed by atoms with Crippen LogP contribution < -0.4 is 10.1 Å². The lowest BCUT2D eigenvalue weighted by Crippen LogP contribution is -2.35. The Morgan fingerprint density at radius 2 is 1.81 bits per heavy atom. The van der Waals surface area contributed by atoms with Gasteiger partial charge in [-0.1, -0.05) is 60.1 Å². The van der Waals surface area contributed by atoms with Crippen molar-refractivity contribution >= 4 is 23.5 Å². The fourth-order valence-electron chi connectivity index (χ4n) is 3.09. The lowest BCUT2D eigenvalue weighted by molar-refractivity contribution is -0.129. The molecule has 162 valence electrons. The number of nitrogens with zero attached hydrogens (tertiary/aromatic N) is 2. The van der Waals surface area contributed by atoms with Crippen LogP contribution in [0.1, 0.15) is 34.1 Å². The molecule has 1 heterocycles. The van der Waals surface area contributed by atoms with Crippen LogP contribution in [0.3, 0.4) is 0 Å². The molecule has 3 aromatic rings. The molecule has 1 atom stereocenters. The highest BCUT2D eigenvalue weighted by Crippen LogP contribution is 2.22. The third-order valence-corrected chi connectivity index (χ3v) is 5.13. The highest BCUT2D eigenvalue weighted by atomic mass is 35.5. The molecule has 0 aliphatic rings. The number of aromatic nitrogens is 2. The van der Waals surface area contributed by atoms with Gasteiger partial charge in [0.05, 0.1) is 19.3 Å². The van der Waals surface area contributed by atoms with E-state index in [0.29, 0.717) is 18.0 Å². The molecule has 0 fully saturated rings. The summed E-state index contributed by atoms with van der Waals surface area (Å²) in [6, 6.07) is 17.0. The highest BCUT2D eigenvalue weighted by Gasteiger charge is 2.25. The van der Waals surface area contributed by atoms with Gasteiger partial charge in [-0.3, -0.25) is 4.79 Å². The summed E-state index contributed by atoms with van der Waals surface area (Å²) in [5.41, 5.74) is 2.41. The number of carbonyl (C=O) groups is 2. The first-order valence-electron chi connectivity index (χ1n) is 9.78. The Morgan fingerprint density at radius 1 is 1.13 bits per heavy atom.